The maximum Gasteiger partial charge on any atom is 0.325 e. The summed E-state index contributed by atoms with van der Waals surface area (Å²) in [7, 11) is 0. The molecule has 0 saturated carbocycles. The Balaban J connectivity index is 3.42. The Morgan fingerprint density at radius 2 is 1.62 bits per heavy atom. The van der Waals surface area contributed by atoms with Gasteiger partial charge in [0.05, 0.1) is 6.10 Å². The molecule has 0 spiro atoms. The van der Waals surface area contributed by atoms with Gasteiger partial charge in [0.1, 0.15) is 6.04 Å². The molecule has 0 radical (unpaired) electrons. The number of carboxylic acid groups (broad SMARTS) is 1. The Bertz CT molecular complexity index is 395. The van der Waals surface area contributed by atoms with E-state index in [0.29, 0.717) is 6.42 Å². The molecule has 5 heteroatoms. The van der Waals surface area contributed by atoms with Gasteiger partial charge in [0.2, 0.25) is 5.91 Å². The van der Waals surface area contributed by atoms with Crippen LogP contribution >= 0.6 is 0 Å². The first-order chi connectivity index (χ1) is 12.5. The number of rotatable bonds is 17. The van der Waals surface area contributed by atoms with E-state index in [-0.39, 0.29) is 12.0 Å². The van der Waals surface area contributed by atoms with Crippen molar-refractivity contribution < 1.29 is 19.8 Å². The number of amides is 1. The molecular weight excluding hydrogens is 330 g/mol. The molecule has 0 aliphatic carbocycles. The Morgan fingerprint density at radius 3 is 2.31 bits per heavy atom. The molecule has 0 bridgehead atoms. The number of aliphatic hydroxyl groups excluding tert-OH is 1. The molecule has 1 amide bonds. The predicted octanol–water partition coefficient (Wildman–Crippen LogP) is 4.58. The number of carboxylic acids is 1. The van der Waals surface area contributed by atoms with Crippen molar-refractivity contribution in [3.05, 3.63) is 12.2 Å². The second kappa shape index (κ2) is 17.1. The number of hydrogen-bond donors (Lipinski definition) is 3. The third-order valence-corrected chi connectivity index (χ3v) is 4.49. The summed E-state index contributed by atoms with van der Waals surface area (Å²) in [5.41, 5.74) is 0. The van der Waals surface area contributed by atoms with Crippen molar-refractivity contribution in [1.29, 1.82) is 0 Å². The van der Waals surface area contributed by atoms with Crippen molar-refractivity contribution in [1.82, 2.24) is 5.32 Å². The van der Waals surface area contributed by atoms with E-state index in [9.17, 15) is 14.7 Å². The average Bonchev–Trinajstić information content (AvgIpc) is 2.60. The summed E-state index contributed by atoms with van der Waals surface area (Å²) >= 11 is 0. The highest BCUT2D eigenvalue weighted by atomic mass is 16.4. The number of nitrogens with one attached hydrogen (secondary N) is 1. The van der Waals surface area contributed by atoms with E-state index < -0.39 is 12.0 Å². The molecule has 0 saturated heterocycles. The van der Waals surface area contributed by atoms with E-state index in [2.05, 4.69) is 24.4 Å². The quantitative estimate of drug-likeness (QED) is 0.259. The first kappa shape index (κ1) is 24.6. The van der Waals surface area contributed by atoms with Crippen LogP contribution in [0.5, 0.6) is 0 Å². The van der Waals surface area contributed by atoms with Crippen LogP contribution in [0.25, 0.3) is 0 Å². The number of allylic oxidation sites excluding steroid dienone is 1. The zero-order valence-corrected chi connectivity index (χ0v) is 16.7. The lowest BCUT2D eigenvalue weighted by Crippen LogP contribution is -2.38. The lowest BCUT2D eigenvalue weighted by atomic mass is 10.1. The maximum absolute atomic E-state index is 11.5. The molecule has 0 aliphatic heterocycles. The molecule has 3 N–H and O–H groups in total. The van der Waals surface area contributed by atoms with Gasteiger partial charge in [0.15, 0.2) is 0 Å². The summed E-state index contributed by atoms with van der Waals surface area (Å²) in [5, 5.41) is 21.0. The third kappa shape index (κ3) is 16.1. The van der Waals surface area contributed by atoms with Crippen molar-refractivity contribution in [3.8, 4) is 0 Å². The third-order valence-electron chi connectivity index (χ3n) is 4.49. The van der Waals surface area contributed by atoms with E-state index >= 15 is 0 Å². The van der Waals surface area contributed by atoms with E-state index in [4.69, 9.17) is 5.11 Å². The SMILES string of the molecule is CCCCCCC(O)C/C=C\CCCCCCCC(=O)NC(C)C(=O)O. The lowest BCUT2D eigenvalue weighted by molar-refractivity contribution is -0.141. The number of carbonyl (C=O) groups is 2. The molecule has 2 atom stereocenters. The molecule has 0 fully saturated rings. The fraction of sp³-hybridized carbons (Fsp3) is 0.810. The van der Waals surface area contributed by atoms with Crippen molar-refractivity contribution in [3.63, 3.8) is 0 Å². The summed E-state index contributed by atoms with van der Waals surface area (Å²) in [6, 6.07) is -0.816. The highest BCUT2D eigenvalue weighted by Crippen LogP contribution is 2.10. The van der Waals surface area contributed by atoms with E-state index in [1.165, 1.54) is 26.2 Å². The fourth-order valence-corrected chi connectivity index (χ4v) is 2.75. The molecule has 0 aromatic heterocycles. The van der Waals surface area contributed by atoms with Crippen LogP contribution in [0.3, 0.4) is 0 Å². The first-order valence-corrected chi connectivity index (χ1v) is 10.3. The average molecular weight is 370 g/mol. The minimum absolute atomic E-state index is 0.184. The largest absolute Gasteiger partial charge is 0.480 e. The Hall–Kier alpha value is -1.36. The van der Waals surface area contributed by atoms with Crippen molar-refractivity contribution >= 4 is 11.9 Å². The normalized spacial score (nSPS) is 13.7. The van der Waals surface area contributed by atoms with Gasteiger partial charge in [-0.3, -0.25) is 9.59 Å². The van der Waals surface area contributed by atoms with Gasteiger partial charge in [-0.2, -0.15) is 0 Å². The zero-order valence-electron chi connectivity index (χ0n) is 16.7. The van der Waals surface area contributed by atoms with Crippen molar-refractivity contribution in [2.24, 2.45) is 0 Å². The number of aliphatic carboxylic acids is 1. The van der Waals surface area contributed by atoms with Crippen LogP contribution in [0.15, 0.2) is 12.2 Å². The molecular formula is C21H39NO4. The summed E-state index contributed by atoms with van der Waals surface area (Å²) < 4.78 is 0. The monoisotopic (exact) mass is 369 g/mol. The summed E-state index contributed by atoms with van der Waals surface area (Å²) in [5.74, 6) is -1.19. The van der Waals surface area contributed by atoms with Crippen LogP contribution in [-0.4, -0.2) is 34.2 Å². The van der Waals surface area contributed by atoms with Gasteiger partial charge in [-0.25, -0.2) is 0 Å². The van der Waals surface area contributed by atoms with E-state index in [1.807, 2.05) is 0 Å². The van der Waals surface area contributed by atoms with Gasteiger partial charge >= 0.3 is 5.97 Å². The van der Waals surface area contributed by atoms with Gasteiger partial charge in [-0.1, -0.05) is 64.0 Å². The summed E-state index contributed by atoms with van der Waals surface area (Å²) in [6.45, 7) is 3.66. The second-order valence-electron chi connectivity index (χ2n) is 7.14. The molecule has 0 rings (SSSR count). The standard InChI is InChI=1S/C21H39NO4/c1-3-4-5-12-15-19(23)16-13-10-8-6-7-9-11-14-17-20(24)22-18(2)21(25)26/h10,13,18-19,23H,3-9,11-12,14-17H2,1-2H3,(H,22,24)(H,25,26)/b13-10-. The minimum Gasteiger partial charge on any atom is -0.480 e. The first-order valence-electron chi connectivity index (χ1n) is 10.3. The van der Waals surface area contributed by atoms with Crippen LogP contribution in [-0.2, 0) is 9.59 Å². The Labute approximate surface area is 159 Å². The van der Waals surface area contributed by atoms with E-state index in [0.717, 1.165) is 57.8 Å². The van der Waals surface area contributed by atoms with Crippen LogP contribution in [0.4, 0.5) is 0 Å². The van der Waals surface area contributed by atoms with Gasteiger partial charge < -0.3 is 15.5 Å². The number of aliphatic hydroxyl groups is 1. The summed E-state index contributed by atoms with van der Waals surface area (Å²) in [6.07, 6.45) is 17.2. The predicted molar refractivity (Wildman–Crippen MR) is 106 cm³/mol. The lowest BCUT2D eigenvalue weighted by Gasteiger charge is -2.08. The highest BCUT2D eigenvalue weighted by molar-refractivity contribution is 5.83. The molecule has 2 unspecified atom stereocenters. The molecule has 152 valence electrons. The van der Waals surface area contributed by atoms with Crippen molar-refractivity contribution in [2.75, 3.05) is 0 Å². The Kier molecular flexibility index (Phi) is 16.2. The van der Waals surface area contributed by atoms with Crippen LogP contribution < -0.4 is 5.32 Å². The number of hydrogen-bond acceptors (Lipinski definition) is 3. The zero-order chi connectivity index (χ0) is 19.6. The maximum atomic E-state index is 11.5. The minimum atomic E-state index is -1.00. The van der Waals surface area contributed by atoms with Crippen molar-refractivity contribution in [2.45, 2.75) is 109 Å². The molecule has 26 heavy (non-hydrogen) atoms. The van der Waals surface area contributed by atoms with Gasteiger partial charge in [-0.15, -0.1) is 0 Å². The molecule has 0 aliphatic rings. The Morgan fingerprint density at radius 1 is 0.962 bits per heavy atom. The number of unbranched alkanes of at least 4 members (excludes halogenated alkanes) is 8. The van der Waals surface area contributed by atoms with Crippen LogP contribution in [0.1, 0.15) is 97.3 Å². The van der Waals surface area contributed by atoms with Crippen LogP contribution in [0.2, 0.25) is 0 Å². The van der Waals surface area contributed by atoms with Gasteiger partial charge in [-0.05, 0) is 39.0 Å². The van der Waals surface area contributed by atoms with Gasteiger partial charge in [0.25, 0.3) is 0 Å². The molecule has 0 aromatic carbocycles. The molecule has 0 heterocycles. The number of carbonyl (C=O) groups excluding carboxylic acids is 1. The molecule has 5 nitrogen and oxygen atoms in total. The van der Waals surface area contributed by atoms with E-state index in [1.54, 1.807) is 0 Å². The smallest absolute Gasteiger partial charge is 0.325 e. The fourth-order valence-electron chi connectivity index (χ4n) is 2.75. The van der Waals surface area contributed by atoms with Gasteiger partial charge in [0, 0.05) is 6.42 Å². The van der Waals surface area contributed by atoms with Crippen LogP contribution in [0, 0.1) is 0 Å². The highest BCUT2D eigenvalue weighted by Gasteiger charge is 2.12. The summed E-state index contributed by atoms with van der Waals surface area (Å²) in [4.78, 5) is 22.1. The molecule has 0 aromatic rings. The second-order valence-corrected chi connectivity index (χ2v) is 7.14. The topological polar surface area (TPSA) is 86.6 Å².